The highest BCUT2D eigenvalue weighted by atomic mass is 35.5. The van der Waals surface area contributed by atoms with Crippen molar-refractivity contribution in [2.45, 2.75) is 13.5 Å². The molecule has 0 radical (unpaired) electrons. The summed E-state index contributed by atoms with van der Waals surface area (Å²) in [5.41, 5.74) is 1.50. The van der Waals surface area contributed by atoms with Gasteiger partial charge in [-0.3, -0.25) is 9.69 Å². The molecule has 0 N–H and O–H groups in total. The van der Waals surface area contributed by atoms with Gasteiger partial charge in [-0.1, -0.05) is 29.8 Å². The molecule has 0 unspecified atom stereocenters. The number of carbonyl (C=O) groups excluding carboxylic acids is 1. The number of amides is 1. The van der Waals surface area contributed by atoms with Crippen LogP contribution in [0.15, 0.2) is 54.0 Å². The van der Waals surface area contributed by atoms with Crippen molar-refractivity contribution in [3.8, 4) is 5.75 Å². The lowest BCUT2D eigenvalue weighted by Crippen LogP contribution is -2.22. The van der Waals surface area contributed by atoms with Gasteiger partial charge in [-0.15, -0.1) is 11.3 Å². The zero-order valence-corrected chi connectivity index (χ0v) is 14.4. The third-order valence-corrected chi connectivity index (χ3v) is 4.32. The average molecular weight is 360 g/mol. The Bertz CT molecular complexity index is 839. The Balaban J connectivity index is 1.77. The van der Waals surface area contributed by atoms with Crippen LogP contribution in [0.5, 0.6) is 5.75 Å². The SMILES string of the molecule is CC(=O)N(c1ccccc1)c1nc(COc2cccnc2Cl)cs1. The minimum Gasteiger partial charge on any atom is -0.484 e. The minimum absolute atomic E-state index is 0.0988. The number of para-hydroxylation sites is 1. The first kappa shape index (κ1) is 16.4. The molecule has 0 saturated heterocycles. The van der Waals surface area contributed by atoms with Crippen LogP contribution in [0, 0.1) is 0 Å². The van der Waals surface area contributed by atoms with Crippen molar-refractivity contribution >= 4 is 39.7 Å². The molecule has 122 valence electrons. The van der Waals surface area contributed by atoms with Gasteiger partial charge in [0, 0.05) is 18.5 Å². The quantitative estimate of drug-likeness (QED) is 0.631. The number of thiazole rings is 1. The topological polar surface area (TPSA) is 55.3 Å². The van der Waals surface area contributed by atoms with E-state index in [0.717, 1.165) is 11.4 Å². The number of hydrogen-bond donors (Lipinski definition) is 0. The average Bonchev–Trinajstić information content (AvgIpc) is 3.03. The summed E-state index contributed by atoms with van der Waals surface area (Å²) < 4.78 is 5.63. The smallest absolute Gasteiger partial charge is 0.230 e. The van der Waals surface area contributed by atoms with Crippen LogP contribution in [0.1, 0.15) is 12.6 Å². The van der Waals surface area contributed by atoms with Crippen molar-refractivity contribution in [2.75, 3.05) is 4.90 Å². The third kappa shape index (κ3) is 3.72. The molecule has 1 aromatic carbocycles. The number of halogens is 1. The number of nitrogens with zero attached hydrogens (tertiary/aromatic N) is 3. The Kier molecular flexibility index (Phi) is 5.08. The third-order valence-electron chi connectivity index (χ3n) is 3.16. The van der Waals surface area contributed by atoms with Gasteiger partial charge in [-0.2, -0.15) is 0 Å². The zero-order chi connectivity index (χ0) is 16.9. The molecule has 3 rings (SSSR count). The van der Waals surface area contributed by atoms with Crippen LogP contribution in [0.4, 0.5) is 10.8 Å². The molecule has 2 aromatic heterocycles. The van der Waals surface area contributed by atoms with Gasteiger partial charge in [-0.05, 0) is 24.3 Å². The van der Waals surface area contributed by atoms with E-state index in [0.29, 0.717) is 16.0 Å². The van der Waals surface area contributed by atoms with Crippen LogP contribution in [0.2, 0.25) is 5.15 Å². The summed E-state index contributed by atoms with van der Waals surface area (Å²) in [6, 6.07) is 12.9. The predicted molar refractivity (Wildman–Crippen MR) is 95.0 cm³/mol. The molecule has 0 atom stereocenters. The van der Waals surface area contributed by atoms with Gasteiger partial charge in [0.05, 0.1) is 11.4 Å². The highest BCUT2D eigenvalue weighted by molar-refractivity contribution is 7.14. The summed E-state index contributed by atoms with van der Waals surface area (Å²) in [5, 5.41) is 2.77. The molecule has 0 aliphatic carbocycles. The van der Waals surface area contributed by atoms with E-state index in [1.165, 1.54) is 18.3 Å². The molecule has 7 heteroatoms. The van der Waals surface area contributed by atoms with Crippen LogP contribution in [-0.2, 0) is 11.4 Å². The monoisotopic (exact) mass is 359 g/mol. The Hall–Kier alpha value is -2.44. The second-order valence-electron chi connectivity index (χ2n) is 4.89. The van der Waals surface area contributed by atoms with Crippen LogP contribution >= 0.6 is 22.9 Å². The summed E-state index contributed by atoms with van der Waals surface area (Å²) in [7, 11) is 0. The van der Waals surface area contributed by atoms with Gasteiger partial charge < -0.3 is 4.74 Å². The normalized spacial score (nSPS) is 10.4. The molecule has 0 aliphatic heterocycles. The van der Waals surface area contributed by atoms with Crippen molar-refractivity contribution in [3.63, 3.8) is 0 Å². The van der Waals surface area contributed by atoms with E-state index in [-0.39, 0.29) is 12.5 Å². The van der Waals surface area contributed by atoms with Crippen LogP contribution < -0.4 is 9.64 Å². The van der Waals surface area contributed by atoms with Crippen LogP contribution in [0.25, 0.3) is 0 Å². The Morgan fingerprint density at radius 3 is 2.75 bits per heavy atom. The second-order valence-corrected chi connectivity index (χ2v) is 6.09. The number of pyridine rings is 1. The van der Waals surface area contributed by atoms with Gasteiger partial charge >= 0.3 is 0 Å². The molecular formula is C17H14ClN3O2S. The first-order chi connectivity index (χ1) is 11.6. The van der Waals surface area contributed by atoms with Crippen molar-refractivity contribution in [3.05, 3.63) is 64.9 Å². The predicted octanol–water partition coefficient (Wildman–Crippen LogP) is 4.46. The first-order valence-electron chi connectivity index (χ1n) is 7.18. The molecule has 3 aromatic rings. The molecule has 0 fully saturated rings. The maximum absolute atomic E-state index is 12.0. The number of ether oxygens (including phenoxy) is 1. The Morgan fingerprint density at radius 1 is 1.25 bits per heavy atom. The summed E-state index contributed by atoms with van der Waals surface area (Å²) in [4.78, 5) is 22.0. The van der Waals surface area contributed by atoms with Gasteiger partial charge in [0.2, 0.25) is 5.91 Å². The number of aromatic nitrogens is 2. The molecule has 24 heavy (non-hydrogen) atoms. The summed E-state index contributed by atoms with van der Waals surface area (Å²) in [5.74, 6) is 0.401. The molecule has 0 aliphatic rings. The Labute approximate surface area is 148 Å². The lowest BCUT2D eigenvalue weighted by molar-refractivity contribution is -0.115. The number of rotatable bonds is 5. The van der Waals surface area contributed by atoms with Gasteiger partial charge in [0.25, 0.3) is 0 Å². The van der Waals surface area contributed by atoms with E-state index < -0.39 is 0 Å². The van der Waals surface area contributed by atoms with Crippen LogP contribution in [0.3, 0.4) is 0 Å². The van der Waals surface area contributed by atoms with Gasteiger partial charge in [0.1, 0.15) is 6.61 Å². The molecule has 5 nitrogen and oxygen atoms in total. The summed E-state index contributed by atoms with van der Waals surface area (Å²) >= 11 is 7.35. The molecule has 1 amide bonds. The molecule has 0 bridgehead atoms. The lowest BCUT2D eigenvalue weighted by Gasteiger charge is -2.17. The summed E-state index contributed by atoms with van der Waals surface area (Å²) in [6.45, 7) is 1.77. The second kappa shape index (κ2) is 7.42. The Morgan fingerprint density at radius 2 is 2.04 bits per heavy atom. The van der Waals surface area contributed by atoms with E-state index in [2.05, 4.69) is 9.97 Å². The van der Waals surface area contributed by atoms with Gasteiger partial charge in [0.15, 0.2) is 16.0 Å². The molecule has 2 heterocycles. The molecule has 0 saturated carbocycles. The highest BCUT2D eigenvalue weighted by Gasteiger charge is 2.17. The van der Waals surface area contributed by atoms with Crippen molar-refractivity contribution < 1.29 is 9.53 Å². The first-order valence-corrected chi connectivity index (χ1v) is 8.44. The van der Waals surface area contributed by atoms with Gasteiger partial charge in [-0.25, -0.2) is 9.97 Å². The lowest BCUT2D eigenvalue weighted by atomic mass is 10.3. The highest BCUT2D eigenvalue weighted by Crippen LogP contribution is 2.29. The number of anilines is 2. The van der Waals surface area contributed by atoms with E-state index in [1.54, 1.807) is 23.2 Å². The van der Waals surface area contributed by atoms with E-state index in [1.807, 2.05) is 35.7 Å². The number of hydrogen-bond acceptors (Lipinski definition) is 5. The minimum atomic E-state index is -0.0988. The van der Waals surface area contributed by atoms with Crippen LogP contribution in [-0.4, -0.2) is 15.9 Å². The van der Waals surface area contributed by atoms with E-state index in [9.17, 15) is 4.79 Å². The molecular weight excluding hydrogens is 346 g/mol. The van der Waals surface area contributed by atoms with Crippen molar-refractivity contribution in [1.29, 1.82) is 0 Å². The summed E-state index contributed by atoms with van der Waals surface area (Å²) in [6.07, 6.45) is 1.60. The molecule has 0 spiro atoms. The van der Waals surface area contributed by atoms with E-state index in [4.69, 9.17) is 16.3 Å². The maximum Gasteiger partial charge on any atom is 0.230 e. The fraction of sp³-hybridized carbons (Fsp3) is 0.118. The fourth-order valence-corrected chi connectivity index (χ4v) is 3.15. The fourth-order valence-electron chi connectivity index (χ4n) is 2.10. The largest absolute Gasteiger partial charge is 0.484 e. The van der Waals surface area contributed by atoms with Crippen molar-refractivity contribution in [1.82, 2.24) is 9.97 Å². The zero-order valence-electron chi connectivity index (χ0n) is 12.8. The number of carbonyl (C=O) groups is 1. The standard InChI is InChI=1S/C17H14ClN3O2S/c1-12(22)21(14-6-3-2-4-7-14)17-20-13(11-24-17)10-23-15-8-5-9-19-16(15)18/h2-9,11H,10H2,1H3. The number of benzene rings is 1. The van der Waals surface area contributed by atoms with E-state index >= 15 is 0 Å². The maximum atomic E-state index is 12.0. The van der Waals surface area contributed by atoms with Crippen molar-refractivity contribution in [2.24, 2.45) is 0 Å².